The number of nitriles is 1. The number of aromatic nitrogens is 1. The Hall–Kier alpha value is -1.96. The van der Waals surface area contributed by atoms with E-state index in [1.807, 2.05) is 0 Å². The van der Waals surface area contributed by atoms with Gasteiger partial charge in [-0.15, -0.1) is 0 Å². The van der Waals surface area contributed by atoms with Crippen LogP contribution >= 0.6 is 0 Å². The van der Waals surface area contributed by atoms with E-state index in [4.69, 9.17) is 5.26 Å². The van der Waals surface area contributed by atoms with Gasteiger partial charge in [0.1, 0.15) is 6.07 Å². The normalized spacial score (nSPS) is 9.21. The molecule has 0 radical (unpaired) electrons. The number of hydrogen-bond donors (Lipinski definition) is 0. The van der Waals surface area contributed by atoms with Crippen LogP contribution in [0.25, 0.3) is 0 Å². The van der Waals surface area contributed by atoms with Crippen molar-refractivity contribution in [3.8, 4) is 6.07 Å². The first-order chi connectivity index (χ1) is 6.69. The van der Waals surface area contributed by atoms with E-state index in [1.165, 1.54) is 0 Å². The van der Waals surface area contributed by atoms with Crippen LogP contribution in [0.3, 0.4) is 0 Å². The summed E-state index contributed by atoms with van der Waals surface area (Å²) in [5, 5.41) is 8.61. The first kappa shape index (κ1) is 10.1. The first-order valence-corrected chi connectivity index (χ1v) is 3.91. The maximum Gasteiger partial charge on any atom is 0.339 e. The van der Waals surface area contributed by atoms with Crippen LogP contribution in [-0.2, 0) is 4.74 Å². The van der Waals surface area contributed by atoms with E-state index < -0.39 is 11.9 Å². The van der Waals surface area contributed by atoms with Crippen LogP contribution in [0.2, 0.25) is 0 Å². The minimum atomic E-state index is -0.813. The quantitative estimate of drug-likeness (QED) is 0.525. The van der Waals surface area contributed by atoms with Gasteiger partial charge in [-0.1, -0.05) is 0 Å². The van der Waals surface area contributed by atoms with Gasteiger partial charge in [0, 0.05) is 12.3 Å². The molecule has 14 heavy (non-hydrogen) atoms. The van der Waals surface area contributed by atoms with E-state index in [0.29, 0.717) is 0 Å². The third kappa shape index (κ3) is 2.04. The zero-order chi connectivity index (χ0) is 10.6. The Kier molecular flexibility index (Phi) is 3.13. The largest absolute Gasteiger partial charge is 0.462 e. The highest BCUT2D eigenvalue weighted by atomic mass is 19.1. The lowest BCUT2D eigenvalue weighted by Gasteiger charge is -2.02. The Labute approximate surface area is 79.9 Å². The third-order valence-corrected chi connectivity index (χ3v) is 1.49. The summed E-state index contributed by atoms with van der Waals surface area (Å²) in [6.45, 7) is 1.80. The van der Waals surface area contributed by atoms with Gasteiger partial charge in [0.25, 0.3) is 0 Å². The maximum absolute atomic E-state index is 12.7. The van der Waals surface area contributed by atoms with Crippen molar-refractivity contribution in [1.82, 2.24) is 4.98 Å². The minimum absolute atomic E-state index is 0.00449. The average molecular weight is 194 g/mol. The molecule has 0 N–H and O–H groups in total. The van der Waals surface area contributed by atoms with Gasteiger partial charge in [-0.3, -0.25) is 0 Å². The van der Waals surface area contributed by atoms with Crippen molar-refractivity contribution in [3.05, 3.63) is 29.3 Å². The number of nitrogens with zero attached hydrogens (tertiary/aromatic N) is 2. The fraction of sp³-hybridized carbons (Fsp3) is 0.222. The molecular weight excluding hydrogens is 187 g/mol. The smallest absolute Gasteiger partial charge is 0.339 e. The fourth-order valence-electron chi connectivity index (χ4n) is 0.897. The summed E-state index contributed by atoms with van der Waals surface area (Å²) in [5.41, 5.74) is -0.0910. The molecule has 5 heteroatoms. The predicted octanol–water partition coefficient (Wildman–Crippen LogP) is 1.27. The summed E-state index contributed by atoms with van der Waals surface area (Å²) in [6.07, 6.45) is 1.00. The Bertz CT molecular complexity index is 398. The molecule has 0 amide bonds. The van der Waals surface area contributed by atoms with Crippen LogP contribution in [-0.4, -0.2) is 17.6 Å². The molecule has 0 bridgehead atoms. The molecule has 0 saturated heterocycles. The molecule has 1 rings (SSSR count). The van der Waals surface area contributed by atoms with Crippen LogP contribution < -0.4 is 0 Å². The van der Waals surface area contributed by atoms with E-state index in [1.54, 1.807) is 13.0 Å². The molecule has 0 aliphatic rings. The van der Waals surface area contributed by atoms with Crippen molar-refractivity contribution in [1.29, 1.82) is 5.26 Å². The van der Waals surface area contributed by atoms with Crippen LogP contribution in [0.5, 0.6) is 0 Å². The summed E-state index contributed by atoms with van der Waals surface area (Å²) in [7, 11) is 0. The Morgan fingerprint density at radius 3 is 3.07 bits per heavy atom. The lowest BCUT2D eigenvalue weighted by atomic mass is 10.1. The maximum atomic E-state index is 12.7. The molecular formula is C9H7FN2O2. The average Bonchev–Trinajstić information content (AvgIpc) is 2.18. The first-order valence-electron chi connectivity index (χ1n) is 3.91. The highest BCUT2D eigenvalue weighted by Gasteiger charge is 2.13. The van der Waals surface area contributed by atoms with E-state index in [-0.39, 0.29) is 17.7 Å². The van der Waals surface area contributed by atoms with Crippen molar-refractivity contribution in [2.45, 2.75) is 6.92 Å². The molecule has 72 valence electrons. The number of rotatable bonds is 2. The topological polar surface area (TPSA) is 63.0 Å². The van der Waals surface area contributed by atoms with Gasteiger partial charge < -0.3 is 4.74 Å². The molecule has 0 spiro atoms. The number of pyridine rings is 1. The summed E-state index contributed by atoms with van der Waals surface area (Å²) < 4.78 is 17.3. The molecule has 4 nitrogen and oxygen atoms in total. The Morgan fingerprint density at radius 1 is 1.79 bits per heavy atom. The minimum Gasteiger partial charge on any atom is -0.462 e. The third-order valence-electron chi connectivity index (χ3n) is 1.49. The number of ether oxygens (including phenoxy) is 1. The van der Waals surface area contributed by atoms with Gasteiger partial charge in [-0.05, 0) is 6.92 Å². The van der Waals surface area contributed by atoms with Gasteiger partial charge in [0.15, 0.2) is 0 Å². The molecule has 0 unspecified atom stereocenters. The van der Waals surface area contributed by atoms with E-state index >= 15 is 0 Å². The van der Waals surface area contributed by atoms with Gasteiger partial charge in [-0.2, -0.15) is 9.65 Å². The zero-order valence-corrected chi connectivity index (χ0v) is 7.45. The predicted molar refractivity (Wildman–Crippen MR) is 44.9 cm³/mol. The van der Waals surface area contributed by atoms with E-state index in [9.17, 15) is 9.18 Å². The van der Waals surface area contributed by atoms with Crippen molar-refractivity contribution >= 4 is 5.97 Å². The fourth-order valence-corrected chi connectivity index (χ4v) is 0.897. The van der Waals surface area contributed by atoms with E-state index in [2.05, 4.69) is 9.72 Å². The van der Waals surface area contributed by atoms with E-state index in [0.717, 1.165) is 12.3 Å². The highest BCUT2D eigenvalue weighted by Crippen LogP contribution is 2.09. The summed E-state index contributed by atoms with van der Waals surface area (Å²) in [4.78, 5) is 14.5. The van der Waals surface area contributed by atoms with Crippen molar-refractivity contribution in [2.24, 2.45) is 0 Å². The highest BCUT2D eigenvalue weighted by molar-refractivity contribution is 5.91. The molecule has 0 fully saturated rings. The van der Waals surface area contributed by atoms with Gasteiger partial charge >= 0.3 is 5.97 Å². The lowest BCUT2D eigenvalue weighted by molar-refractivity contribution is 0.0525. The van der Waals surface area contributed by atoms with Gasteiger partial charge in [0.05, 0.1) is 17.7 Å². The zero-order valence-electron chi connectivity index (χ0n) is 7.45. The standard InChI is InChI=1S/C9H7FN2O2/c1-2-14-9(13)7-3-8(10)12-5-6(7)4-11/h3,5H,2H2,1H3. The van der Waals surface area contributed by atoms with Crippen LogP contribution in [0.15, 0.2) is 12.3 Å². The molecule has 1 aromatic heterocycles. The van der Waals surface area contributed by atoms with Crippen LogP contribution in [0.4, 0.5) is 4.39 Å². The second kappa shape index (κ2) is 4.33. The van der Waals surface area contributed by atoms with Gasteiger partial charge in [-0.25, -0.2) is 9.78 Å². The van der Waals surface area contributed by atoms with Crippen molar-refractivity contribution in [2.75, 3.05) is 6.61 Å². The second-order valence-corrected chi connectivity index (χ2v) is 2.38. The Balaban J connectivity index is 3.12. The molecule has 1 heterocycles. The molecule has 0 saturated carbocycles. The van der Waals surface area contributed by atoms with Crippen LogP contribution in [0, 0.1) is 17.3 Å². The molecule has 0 aliphatic carbocycles. The molecule has 0 aliphatic heterocycles. The summed E-state index contributed by atoms with van der Waals surface area (Å²) >= 11 is 0. The second-order valence-electron chi connectivity index (χ2n) is 2.38. The number of esters is 1. The van der Waals surface area contributed by atoms with Crippen LogP contribution in [0.1, 0.15) is 22.8 Å². The number of halogens is 1. The molecule has 1 aromatic rings. The van der Waals surface area contributed by atoms with Crippen molar-refractivity contribution in [3.63, 3.8) is 0 Å². The summed E-state index contributed by atoms with van der Waals surface area (Å²) in [5.74, 6) is -1.53. The van der Waals surface area contributed by atoms with Gasteiger partial charge in [0.2, 0.25) is 5.95 Å². The Morgan fingerprint density at radius 2 is 2.50 bits per heavy atom. The SMILES string of the molecule is CCOC(=O)c1cc(F)ncc1C#N. The summed E-state index contributed by atoms with van der Waals surface area (Å²) in [6, 6.07) is 2.62. The number of carbonyl (C=O) groups excluding carboxylic acids is 1. The molecule has 0 aromatic carbocycles. The lowest BCUT2D eigenvalue weighted by Crippen LogP contribution is -2.08. The number of carbonyl (C=O) groups is 1. The number of hydrogen-bond acceptors (Lipinski definition) is 4. The monoisotopic (exact) mass is 194 g/mol. The van der Waals surface area contributed by atoms with Crippen molar-refractivity contribution < 1.29 is 13.9 Å². The molecule has 0 atom stereocenters.